The fourth-order valence-electron chi connectivity index (χ4n) is 3.91. The van der Waals surface area contributed by atoms with Crippen molar-refractivity contribution in [2.45, 2.75) is 50.9 Å². The number of aromatic nitrogens is 2. The van der Waals surface area contributed by atoms with Crippen molar-refractivity contribution >= 4 is 0 Å². The van der Waals surface area contributed by atoms with E-state index < -0.39 is 0 Å². The van der Waals surface area contributed by atoms with Gasteiger partial charge in [-0.2, -0.15) is 0 Å². The predicted molar refractivity (Wildman–Crippen MR) is 97.5 cm³/mol. The Balaban J connectivity index is 1.66. The second-order valence-corrected chi connectivity index (χ2v) is 6.97. The van der Waals surface area contributed by atoms with Gasteiger partial charge in [-0.15, -0.1) is 0 Å². The Labute approximate surface area is 145 Å². The van der Waals surface area contributed by atoms with Crippen molar-refractivity contribution in [1.82, 2.24) is 19.8 Å². The second kappa shape index (κ2) is 8.36. The van der Waals surface area contributed by atoms with Gasteiger partial charge in [0.05, 0.1) is 0 Å². The van der Waals surface area contributed by atoms with E-state index >= 15 is 0 Å². The molecule has 4 nitrogen and oxygen atoms in total. The molecule has 0 aromatic carbocycles. The number of pyridine rings is 2. The highest BCUT2D eigenvalue weighted by Crippen LogP contribution is 2.27. The van der Waals surface area contributed by atoms with Crippen LogP contribution in [0.1, 0.15) is 36.8 Å². The highest BCUT2D eigenvalue weighted by Gasteiger charge is 2.31. The van der Waals surface area contributed by atoms with E-state index in [0.717, 1.165) is 13.1 Å². The third-order valence-corrected chi connectivity index (χ3v) is 5.14. The summed E-state index contributed by atoms with van der Waals surface area (Å²) in [5.41, 5.74) is 2.58. The first kappa shape index (κ1) is 17.1. The van der Waals surface area contributed by atoms with Crippen molar-refractivity contribution in [3.63, 3.8) is 0 Å². The Morgan fingerprint density at radius 1 is 0.833 bits per heavy atom. The van der Waals surface area contributed by atoms with Gasteiger partial charge < -0.3 is 0 Å². The van der Waals surface area contributed by atoms with Crippen molar-refractivity contribution in [3.8, 4) is 0 Å². The van der Waals surface area contributed by atoms with E-state index in [-0.39, 0.29) is 0 Å². The largest absolute Gasteiger partial charge is 0.298 e. The lowest BCUT2D eigenvalue weighted by molar-refractivity contribution is 0.0692. The topological polar surface area (TPSA) is 32.3 Å². The zero-order valence-corrected chi connectivity index (χ0v) is 14.8. The minimum absolute atomic E-state index is 0.598. The Morgan fingerprint density at radius 3 is 1.67 bits per heavy atom. The highest BCUT2D eigenvalue weighted by atomic mass is 15.2. The molecule has 24 heavy (non-hydrogen) atoms. The average Bonchev–Trinajstić information content (AvgIpc) is 2.63. The maximum Gasteiger partial charge on any atom is 0.0312 e. The van der Waals surface area contributed by atoms with Crippen molar-refractivity contribution < 1.29 is 0 Å². The molecular formula is C20H28N4. The van der Waals surface area contributed by atoms with Crippen LogP contribution < -0.4 is 0 Å². The molecule has 3 rings (SSSR count). The van der Waals surface area contributed by atoms with Crippen LogP contribution in [0.2, 0.25) is 0 Å². The van der Waals surface area contributed by atoms with Gasteiger partial charge in [0.2, 0.25) is 0 Å². The highest BCUT2D eigenvalue weighted by molar-refractivity contribution is 5.10. The number of likely N-dealkylation sites (N-methyl/N-ethyl adjacent to an activating group) is 2. The Morgan fingerprint density at radius 2 is 1.29 bits per heavy atom. The molecule has 0 amide bonds. The molecule has 1 aliphatic rings. The summed E-state index contributed by atoms with van der Waals surface area (Å²) in [5, 5.41) is 0. The maximum absolute atomic E-state index is 4.25. The van der Waals surface area contributed by atoms with Gasteiger partial charge in [-0.25, -0.2) is 0 Å². The van der Waals surface area contributed by atoms with E-state index in [9.17, 15) is 0 Å². The monoisotopic (exact) mass is 324 g/mol. The van der Waals surface area contributed by atoms with Gasteiger partial charge in [0, 0.05) is 50.0 Å². The third kappa shape index (κ3) is 4.40. The minimum Gasteiger partial charge on any atom is -0.298 e. The van der Waals surface area contributed by atoms with Gasteiger partial charge >= 0.3 is 0 Å². The van der Waals surface area contributed by atoms with Crippen LogP contribution >= 0.6 is 0 Å². The lowest BCUT2D eigenvalue weighted by Gasteiger charge is -2.42. The summed E-state index contributed by atoms with van der Waals surface area (Å²) >= 11 is 0. The number of hydrogen-bond acceptors (Lipinski definition) is 4. The summed E-state index contributed by atoms with van der Waals surface area (Å²) in [6.07, 6.45) is 12.9. The van der Waals surface area contributed by atoms with Crippen LogP contribution in [-0.4, -0.2) is 45.9 Å². The molecule has 1 saturated carbocycles. The van der Waals surface area contributed by atoms with Crippen LogP contribution in [-0.2, 0) is 13.1 Å². The maximum atomic E-state index is 4.25. The summed E-state index contributed by atoms with van der Waals surface area (Å²) in [5.74, 6) is 0. The zero-order chi connectivity index (χ0) is 16.8. The van der Waals surface area contributed by atoms with E-state index in [1.807, 2.05) is 36.9 Å². The lowest BCUT2D eigenvalue weighted by Crippen LogP contribution is -2.50. The molecule has 2 aromatic rings. The van der Waals surface area contributed by atoms with Crippen molar-refractivity contribution in [1.29, 1.82) is 0 Å². The number of hydrogen-bond donors (Lipinski definition) is 0. The molecule has 2 atom stereocenters. The van der Waals surface area contributed by atoms with E-state index in [4.69, 9.17) is 0 Å². The van der Waals surface area contributed by atoms with Crippen LogP contribution in [0.3, 0.4) is 0 Å². The van der Waals surface area contributed by atoms with Gasteiger partial charge in [-0.1, -0.05) is 25.0 Å². The minimum atomic E-state index is 0.598. The molecule has 1 aliphatic carbocycles. The SMILES string of the molecule is CN(Cc1cccnc1)[C@@H]1CCCC[C@@H]1N(C)Cc1cccnc1. The molecule has 2 aromatic heterocycles. The summed E-state index contributed by atoms with van der Waals surface area (Å²) in [4.78, 5) is 13.5. The summed E-state index contributed by atoms with van der Waals surface area (Å²) < 4.78 is 0. The van der Waals surface area contributed by atoms with E-state index in [2.05, 4.69) is 46.0 Å². The molecule has 0 spiro atoms. The zero-order valence-electron chi connectivity index (χ0n) is 14.8. The van der Waals surface area contributed by atoms with E-state index in [1.54, 1.807) is 0 Å². The summed E-state index contributed by atoms with van der Waals surface area (Å²) in [6.45, 7) is 1.94. The first-order valence-corrected chi connectivity index (χ1v) is 8.92. The smallest absolute Gasteiger partial charge is 0.0312 e. The Kier molecular flexibility index (Phi) is 5.94. The average molecular weight is 324 g/mol. The third-order valence-electron chi connectivity index (χ3n) is 5.14. The number of rotatable bonds is 6. The molecule has 0 saturated heterocycles. The molecule has 128 valence electrons. The molecule has 1 fully saturated rings. The predicted octanol–water partition coefficient (Wildman–Crippen LogP) is 3.35. The van der Waals surface area contributed by atoms with Gasteiger partial charge in [0.15, 0.2) is 0 Å². The van der Waals surface area contributed by atoms with Crippen LogP contribution in [0.15, 0.2) is 49.1 Å². The van der Waals surface area contributed by atoms with Crippen LogP contribution in [0.25, 0.3) is 0 Å². The fraction of sp³-hybridized carbons (Fsp3) is 0.500. The molecule has 4 heteroatoms. The van der Waals surface area contributed by atoms with Crippen molar-refractivity contribution in [2.24, 2.45) is 0 Å². The molecule has 0 unspecified atom stereocenters. The normalized spacial score (nSPS) is 21.3. The van der Waals surface area contributed by atoms with Gasteiger partial charge in [-0.05, 0) is 50.2 Å². The summed E-state index contributed by atoms with van der Waals surface area (Å²) in [7, 11) is 4.52. The van der Waals surface area contributed by atoms with E-state index in [0.29, 0.717) is 12.1 Å². The Hall–Kier alpha value is -1.78. The molecule has 0 aliphatic heterocycles. The quantitative estimate of drug-likeness (QED) is 0.816. The second-order valence-electron chi connectivity index (χ2n) is 6.97. The van der Waals surface area contributed by atoms with Crippen LogP contribution in [0.4, 0.5) is 0 Å². The van der Waals surface area contributed by atoms with Gasteiger partial charge in [-0.3, -0.25) is 19.8 Å². The molecule has 0 bridgehead atoms. The summed E-state index contributed by atoms with van der Waals surface area (Å²) in [6, 6.07) is 9.58. The van der Waals surface area contributed by atoms with Crippen LogP contribution in [0.5, 0.6) is 0 Å². The molecular weight excluding hydrogens is 296 g/mol. The lowest BCUT2D eigenvalue weighted by atomic mass is 9.88. The first-order chi connectivity index (χ1) is 11.7. The van der Waals surface area contributed by atoms with Gasteiger partial charge in [0.25, 0.3) is 0 Å². The fourth-order valence-corrected chi connectivity index (χ4v) is 3.91. The molecule has 0 N–H and O–H groups in total. The van der Waals surface area contributed by atoms with Crippen molar-refractivity contribution in [2.75, 3.05) is 14.1 Å². The molecule has 0 radical (unpaired) electrons. The van der Waals surface area contributed by atoms with E-state index in [1.165, 1.54) is 36.8 Å². The van der Waals surface area contributed by atoms with Crippen LogP contribution in [0, 0.1) is 0 Å². The van der Waals surface area contributed by atoms with Crippen molar-refractivity contribution in [3.05, 3.63) is 60.2 Å². The van der Waals surface area contributed by atoms with Gasteiger partial charge in [0.1, 0.15) is 0 Å². The first-order valence-electron chi connectivity index (χ1n) is 8.92. The Bertz CT molecular complexity index is 546. The standard InChI is InChI=1S/C20H28N4/c1-23(15-17-7-5-11-21-13-17)19-9-3-4-10-20(19)24(2)16-18-8-6-12-22-14-18/h5-8,11-14,19-20H,3-4,9-10,15-16H2,1-2H3/t19-,20+. The molecule has 2 heterocycles. The number of nitrogens with zero attached hydrogens (tertiary/aromatic N) is 4.